The van der Waals surface area contributed by atoms with E-state index in [0.29, 0.717) is 0 Å². The van der Waals surface area contributed by atoms with Gasteiger partial charge in [-0.3, -0.25) is 9.10 Å². The van der Waals surface area contributed by atoms with Crippen LogP contribution in [0, 0.1) is 6.92 Å². The predicted molar refractivity (Wildman–Crippen MR) is 117 cm³/mol. The summed E-state index contributed by atoms with van der Waals surface area (Å²) in [7, 11) is -4.17. The van der Waals surface area contributed by atoms with Crippen molar-refractivity contribution in [3.63, 3.8) is 0 Å². The molecule has 168 valence electrons. The van der Waals surface area contributed by atoms with E-state index in [-0.39, 0.29) is 21.3 Å². The number of sulfonamides is 1. The molecule has 5 nitrogen and oxygen atoms in total. The first-order valence-corrected chi connectivity index (χ1v) is 11.1. The number of amides is 1. The molecular weight excluding hydrogens is 465 g/mol. The second kappa shape index (κ2) is 9.22. The van der Waals surface area contributed by atoms with E-state index in [4.69, 9.17) is 11.6 Å². The maximum Gasteiger partial charge on any atom is 0.416 e. The van der Waals surface area contributed by atoms with Crippen molar-refractivity contribution in [2.75, 3.05) is 16.2 Å². The van der Waals surface area contributed by atoms with Crippen molar-refractivity contribution in [2.24, 2.45) is 0 Å². The quantitative estimate of drug-likeness (QED) is 0.504. The van der Waals surface area contributed by atoms with Crippen LogP contribution in [0.2, 0.25) is 5.02 Å². The molecule has 0 saturated carbocycles. The van der Waals surface area contributed by atoms with Gasteiger partial charge in [-0.2, -0.15) is 13.2 Å². The van der Waals surface area contributed by atoms with Crippen LogP contribution in [-0.4, -0.2) is 20.9 Å². The molecule has 0 aliphatic rings. The van der Waals surface area contributed by atoms with Gasteiger partial charge in [-0.25, -0.2) is 8.42 Å². The number of hydrogen-bond donors (Lipinski definition) is 1. The smallest absolute Gasteiger partial charge is 0.325 e. The van der Waals surface area contributed by atoms with Gasteiger partial charge in [-0.15, -0.1) is 0 Å². The number of aryl methyl sites for hydroxylation is 1. The fraction of sp³-hybridized carbons (Fsp3) is 0.136. The lowest BCUT2D eigenvalue weighted by Gasteiger charge is -2.24. The largest absolute Gasteiger partial charge is 0.416 e. The maximum atomic E-state index is 13.3. The highest BCUT2D eigenvalue weighted by Gasteiger charge is 2.31. The second-order valence-corrected chi connectivity index (χ2v) is 9.23. The summed E-state index contributed by atoms with van der Waals surface area (Å²) in [6.45, 7) is 1.13. The molecule has 0 aliphatic carbocycles. The zero-order valence-corrected chi connectivity index (χ0v) is 18.3. The third-order valence-electron chi connectivity index (χ3n) is 4.47. The van der Waals surface area contributed by atoms with E-state index in [0.717, 1.165) is 28.1 Å². The van der Waals surface area contributed by atoms with E-state index in [1.54, 1.807) is 25.1 Å². The maximum absolute atomic E-state index is 13.3. The number of carbonyl (C=O) groups excluding carboxylic acids is 1. The summed E-state index contributed by atoms with van der Waals surface area (Å²) in [4.78, 5) is 12.6. The summed E-state index contributed by atoms with van der Waals surface area (Å²) in [6.07, 6.45) is -4.58. The van der Waals surface area contributed by atoms with Crippen LogP contribution in [0.5, 0.6) is 0 Å². The summed E-state index contributed by atoms with van der Waals surface area (Å²) in [5, 5.41) is 2.58. The molecule has 0 spiro atoms. The molecule has 0 radical (unpaired) electrons. The number of nitrogens with one attached hydrogen (secondary N) is 1. The fourth-order valence-corrected chi connectivity index (χ4v) is 4.49. The monoisotopic (exact) mass is 482 g/mol. The number of rotatable bonds is 6. The van der Waals surface area contributed by atoms with E-state index >= 15 is 0 Å². The zero-order valence-electron chi connectivity index (χ0n) is 16.7. The molecule has 0 fully saturated rings. The van der Waals surface area contributed by atoms with E-state index in [2.05, 4.69) is 5.32 Å². The molecule has 0 aliphatic heterocycles. The van der Waals surface area contributed by atoms with Crippen LogP contribution in [0.15, 0.2) is 77.7 Å². The molecule has 0 bridgehead atoms. The molecule has 0 atom stereocenters. The third-order valence-corrected chi connectivity index (χ3v) is 6.49. The molecular formula is C22H18ClF3N2O3S. The van der Waals surface area contributed by atoms with Crippen molar-refractivity contribution < 1.29 is 26.4 Å². The molecule has 1 amide bonds. The highest BCUT2D eigenvalue weighted by Crippen LogP contribution is 2.31. The summed E-state index contributed by atoms with van der Waals surface area (Å²) < 4.78 is 66.2. The van der Waals surface area contributed by atoms with Crippen LogP contribution in [-0.2, 0) is 21.0 Å². The van der Waals surface area contributed by atoms with E-state index < -0.39 is 34.2 Å². The Kier molecular flexibility index (Phi) is 6.80. The van der Waals surface area contributed by atoms with Crippen LogP contribution >= 0.6 is 11.6 Å². The first kappa shape index (κ1) is 23.6. The van der Waals surface area contributed by atoms with Gasteiger partial charge in [0.1, 0.15) is 6.54 Å². The Bertz CT molecular complexity index is 1230. The molecule has 32 heavy (non-hydrogen) atoms. The molecule has 3 rings (SSSR count). The van der Waals surface area contributed by atoms with Crippen LogP contribution in [0.25, 0.3) is 0 Å². The molecule has 0 aromatic heterocycles. The first-order chi connectivity index (χ1) is 15.0. The van der Waals surface area contributed by atoms with Crippen molar-refractivity contribution in [3.05, 3.63) is 88.9 Å². The lowest BCUT2D eigenvalue weighted by molar-refractivity contribution is -0.137. The summed E-state index contributed by atoms with van der Waals surface area (Å²) in [5.41, 5.74) is -0.0595. The van der Waals surface area contributed by atoms with Gasteiger partial charge in [0.05, 0.1) is 16.1 Å². The number of anilines is 2. The Morgan fingerprint density at radius 1 is 1.00 bits per heavy atom. The Morgan fingerprint density at radius 3 is 2.28 bits per heavy atom. The van der Waals surface area contributed by atoms with Gasteiger partial charge >= 0.3 is 6.18 Å². The number of halogens is 4. The molecule has 10 heteroatoms. The molecule has 1 N–H and O–H groups in total. The highest BCUT2D eigenvalue weighted by molar-refractivity contribution is 7.92. The number of alkyl halides is 3. The van der Waals surface area contributed by atoms with E-state index in [9.17, 15) is 26.4 Å². The van der Waals surface area contributed by atoms with Crippen LogP contribution in [0.3, 0.4) is 0 Å². The Balaban J connectivity index is 1.93. The first-order valence-electron chi connectivity index (χ1n) is 9.29. The summed E-state index contributed by atoms with van der Waals surface area (Å²) in [5.74, 6) is -0.819. The Labute approximate surface area is 188 Å². The SMILES string of the molecule is Cc1ccc(S(=O)(=O)N(CC(=O)Nc2cccc(C(F)(F)F)c2)c2cccc(Cl)c2)cc1. The third kappa shape index (κ3) is 5.60. The van der Waals surface area contributed by atoms with Crippen molar-refractivity contribution in [3.8, 4) is 0 Å². The lowest BCUT2D eigenvalue weighted by atomic mass is 10.2. The van der Waals surface area contributed by atoms with Crippen molar-refractivity contribution in [1.82, 2.24) is 0 Å². The van der Waals surface area contributed by atoms with Gasteiger partial charge in [0.15, 0.2) is 0 Å². The van der Waals surface area contributed by atoms with E-state index in [1.807, 2.05) is 0 Å². The predicted octanol–water partition coefficient (Wildman–Crippen LogP) is 5.50. The van der Waals surface area contributed by atoms with Crippen LogP contribution in [0.4, 0.5) is 24.5 Å². The van der Waals surface area contributed by atoms with Gasteiger partial charge in [0, 0.05) is 10.7 Å². The molecule has 0 saturated heterocycles. The van der Waals surface area contributed by atoms with Gasteiger partial charge in [0.2, 0.25) is 5.91 Å². The second-order valence-electron chi connectivity index (χ2n) is 6.93. The molecule has 0 heterocycles. The number of benzene rings is 3. The number of hydrogen-bond acceptors (Lipinski definition) is 3. The average molecular weight is 483 g/mol. The van der Waals surface area contributed by atoms with Gasteiger partial charge < -0.3 is 5.32 Å². The van der Waals surface area contributed by atoms with Gasteiger partial charge in [0.25, 0.3) is 10.0 Å². The summed E-state index contributed by atoms with van der Waals surface area (Å²) in [6, 6.07) is 16.1. The minimum atomic E-state index is -4.58. The normalized spacial score (nSPS) is 11.8. The van der Waals surface area contributed by atoms with Crippen molar-refractivity contribution in [2.45, 2.75) is 18.0 Å². The van der Waals surface area contributed by atoms with Crippen molar-refractivity contribution in [1.29, 1.82) is 0 Å². The average Bonchev–Trinajstić information content (AvgIpc) is 2.72. The number of nitrogens with zero attached hydrogens (tertiary/aromatic N) is 1. The fourth-order valence-electron chi connectivity index (χ4n) is 2.89. The Hall–Kier alpha value is -3.04. The lowest BCUT2D eigenvalue weighted by Crippen LogP contribution is -2.38. The minimum absolute atomic E-state index is 0.0463. The van der Waals surface area contributed by atoms with Gasteiger partial charge in [-0.1, -0.05) is 41.4 Å². The number of carbonyl (C=O) groups is 1. The Morgan fingerprint density at radius 2 is 1.66 bits per heavy atom. The van der Waals surface area contributed by atoms with Crippen LogP contribution in [0.1, 0.15) is 11.1 Å². The van der Waals surface area contributed by atoms with Crippen LogP contribution < -0.4 is 9.62 Å². The molecule has 3 aromatic carbocycles. The highest BCUT2D eigenvalue weighted by atomic mass is 35.5. The van der Waals surface area contributed by atoms with E-state index in [1.165, 1.54) is 36.4 Å². The molecule has 3 aromatic rings. The topological polar surface area (TPSA) is 66.5 Å². The standard InChI is InChI=1S/C22H18ClF3N2O3S/c1-15-8-10-20(11-9-15)32(30,31)28(19-7-3-5-17(23)13-19)14-21(29)27-18-6-2-4-16(12-18)22(24,25)26/h2-13H,14H2,1H3,(H,27,29). The van der Waals surface area contributed by atoms with Crippen molar-refractivity contribution >= 4 is 38.9 Å². The molecule has 0 unspecified atom stereocenters. The van der Waals surface area contributed by atoms with Gasteiger partial charge in [-0.05, 0) is 55.5 Å². The summed E-state index contributed by atoms with van der Waals surface area (Å²) >= 11 is 6.00. The minimum Gasteiger partial charge on any atom is -0.325 e. The zero-order chi connectivity index (χ0) is 23.5.